The third-order valence-corrected chi connectivity index (χ3v) is 4.02. The van der Waals surface area contributed by atoms with Gasteiger partial charge in [-0.25, -0.2) is 4.79 Å². The second kappa shape index (κ2) is 8.35. The average Bonchev–Trinajstić information content (AvgIpc) is 2.59. The Labute approximate surface area is 147 Å². The summed E-state index contributed by atoms with van der Waals surface area (Å²) in [4.78, 5) is 12.1. The number of aromatic hydroxyl groups is 2. The zero-order chi connectivity index (χ0) is 18.4. The number of ether oxygens (including phenoxy) is 1. The second-order valence-corrected chi connectivity index (χ2v) is 6.02. The molecule has 5 nitrogen and oxygen atoms in total. The van der Waals surface area contributed by atoms with Crippen molar-refractivity contribution in [3.05, 3.63) is 53.6 Å². The number of hydrogen-bond donors (Lipinski definition) is 3. The van der Waals surface area contributed by atoms with Crippen LogP contribution in [0, 0.1) is 5.92 Å². The van der Waals surface area contributed by atoms with Gasteiger partial charge in [-0.15, -0.1) is 0 Å². The van der Waals surface area contributed by atoms with Gasteiger partial charge in [-0.3, -0.25) is 0 Å². The minimum absolute atomic E-state index is 0.00670. The van der Waals surface area contributed by atoms with Crippen molar-refractivity contribution in [1.82, 2.24) is 0 Å². The van der Waals surface area contributed by atoms with Crippen molar-refractivity contribution in [2.24, 2.45) is 11.7 Å². The molecule has 4 N–H and O–H groups in total. The highest BCUT2D eigenvalue weighted by molar-refractivity contribution is 5.79. The second-order valence-electron chi connectivity index (χ2n) is 6.02. The van der Waals surface area contributed by atoms with Gasteiger partial charge in [0.05, 0.1) is 0 Å². The maximum atomic E-state index is 12.1. The molecular weight excluding hydrogens is 318 g/mol. The van der Waals surface area contributed by atoms with Gasteiger partial charge in [-0.1, -0.05) is 44.6 Å². The summed E-state index contributed by atoms with van der Waals surface area (Å²) in [6, 6.07) is 10.6. The molecule has 2 rings (SSSR count). The largest absolute Gasteiger partial charge is 0.508 e. The van der Waals surface area contributed by atoms with E-state index in [1.165, 1.54) is 6.07 Å². The van der Waals surface area contributed by atoms with Crippen molar-refractivity contribution in [3.8, 4) is 17.2 Å². The minimum Gasteiger partial charge on any atom is -0.508 e. The number of nitrogens with two attached hydrogens (primary N) is 1. The Morgan fingerprint density at radius 3 is 2.36 bits per heavy atom. The lowest BCUT2D eigenvalue weighted by Crippen LogP contribution is -2.39. The standard InChI is InChI=1S/C20H23NO4/c1-3-13(2)19(21)20(24)25-18-11-15(10-17(23)12-18)5-4-14-6-8-16(22)9-7-14/h4-13,19,22-23H,3,21H2,1-2H3/b5-4+. The van der Waals surface area contributed by atoms with Crippen LogP contribution in [0.25, 0.3) is 12.2 Å². The summed E-state index contributed by atoms with van der Waals surface area (Å²) in [6.45, 7) is 3.85. The fraction of sp³-hybridized carbons (Fsp3) is 0.250. The Morgan fingerprint density at radius 2 is 1.72 bits per heavy atom. The molecule has 2 unspecified atom stereocenters. The van der Waals surface area contributed by atoms with E-state index in [0.717, 1.165) is 12.0 Å². The Balaban J connectivity index is 2.14. The quantitative estimate of drug-likeness (QED) is 0.424. The molecule has 0 saturated heterocycles. The molecule has 0 saturated carbocycles. The van der Waals surface area contributed by atoms with Crippen LogP contribution in [-0.2, 0) is 4.79 Å². The van der Waals surface area contributed by atoms with E-state index in [1.54, 1.807) is 42.5 Å². The highest BCUT2D eigenvalue weighted by Gasteiger charge is 2.21. The zero-order valence-corrected chi connectivity index (χ0v) is 14.3. The van der Waals surface area contributed by atoms with Gasteiger partial charge in [-0.2, -0.15) is 0 Å². The molecule has 0 spiro atoms. The molecule has 2 aromatic carbocycles. The Hall–Kier alpha value is -2.79. The molecule has 0 aliphatic rings. The molecule has 0 amide bonds. The zero-order valence-electron chi connectivity index (χ0n) is 14.3. The van der Waals surface area contributed by atoms with Crippen molar-refractivity contribution in [2.75, 3.05) is 0 Å². The van der Waals surface area contributed by atoms with Crippen molar-refractivity contribution in [1.29, 1.82) is 0 Å². The van der Waals surface area contributed by atoms with E-state index < -0.39 is 12.0 Å². The van der Waals surface area contributed by atoms with Crippen molar-refractivity contribution < 1.29 is 19.7 Å². The first-order valence-corrected chi connectivity index (χ1v) is 8.17. The molecule has 0 fully saturated rings. The monoisotopic (exact) mass is 341 g/mol. The van der Waals surface area contributed by atoms with Crippen LogP contribution in [0.15, 0.2) is 42.5 Å². The van der Waals surface area contributed by atoms with E-state index in [4.69, 9.17) is 10.5 Å². The van der Waals surface area contributed by atoms with Crippen LogP contribution in [0.2, 0.25) is 0 Å². The molecule has 0 bridgehead atoms. The summed E-state index contributed by atoms with van der Waals surface area (Å²) < 4.78 is 5.30. The number of carbonyl (C=O) groups is 1. The SMILES string of the molecule is CCC(C)C(N)C(=O)Oc1cc(O)cc(/C=C/c2ccc(O)cc2)c1. The third kappa shape index (κ3) is 5.36. The van der Waals surface area contributed by atoms with Gasteiger partial charge in [-0.05, 0) is 41.3 Å². The van der Waals surface area contributed by atoms with Gasteiger partial charge in [0, 0.05) is 6.07 Å². The van der Waals surface area contributed by atoms with Gasteiger partial charge in [0.15, 0.2) is 0 Å². The first-order valence-electron chi connectivity index (χ1n) is 8.17. The van der Waals surface area contributed by atoms with Crippen molar-refractivity contribution in [3.63, 3.8) is 0 Å². The number of phenols is 2. The molecule has 2 atom stereocenters. The molecule has 0 aromatic heterocycles. The normalized spacial score (nSPS) is 13.6. The van der Waals surface area contributed by atoms with Crippen LogP contribution in [0.5, 0.6) is 17.2 Å². The lowest BCUT2D eigenvalue weighted by molar-refractivity contribution is -0.137. The molecule has 132 valence electrons. The summed E-state index contributed by atoms with van der Waals surface area (Å²) in [5, 5.41) is 19.1. The maximum absolute atomic E-state index is 12.1. The van der Waals surface area contributed by atoms with E-state index in [9.17, 15) is 15.0 Å². The topological polar surface area (TPSA) is 92.8 Å². The van der Waals surface area contributed by atoms with E-state index in [0.29, 0.717) is 5.56 Å². The predicted octanol–water partition coefficient (Wildman–Crippen LogP) is 3.55. The molecule has 0 heterocycles. The Bertz CT molecular complexity index is 753. The smallest absolute Gasteiger partial charge is 0.328 e. The highest BCUT2D eigenvalue weighted by atomic mass is 16.5. The van der Waals surface area contributed by atoms with E-state index >= 15 is 0 Å². The fourth-order valence-electron chi connectivity index (χ4n) is 2.21. The van der Waals surface area contributed by atoms with Crippen molar-refractivity contribution >= 4 is 18.1 Å². The lowest BCUT2D eigenvalue weighted by Gasteiger charge is -2.16. The van der Waals surface area contributed by atoms with Gasteiger partial charge >= 0.3 is 5.97 Å². The van der Waals surface area contributed by atoms with Crippen LogP contribution in [-0.4, -0.2) is 22.2 Å². The van der Waals surface area contributed by atoms with Crippen LogP contribution in [0.1, 0.15) is 31.4 Å². The number of hydrogen-bond acceptors (Lipinski definition) is 5. The first kappa shape index (κ1) is 18.5. The van der Waals surface area contributed by atoms with Crippen molar-refractivity contribution in [2.45, 2.75) is 26.3 Å². The Morgan fingerprint density at radius 1 is 1.08 bits per heavy atom. The Kier molecular flexibility index (Phi) is 6.19. The first-order chi connectivity index (χ1) is 11.9. The maximum Gasteiger partial charge on any atom is 0.328 e. The summed E-state index contributed by atoms with van der Waals surface area (Å²) in [5.74, 6) is -0.0738. The highest BCUT2D eigenvalue weighted by Crippen LogP contribution is 2.24. The van der Waals surface area contributed by atoms with Gasteiger partial charge in [0.25, 0.3) is 0 Å². The minimum atomic E-state index is -0.705. The number of carbonyl (C=O) groups excluding carboxylic acids is 1. The number of esters is 1. The van der Waals surface area contributed by atoms with Gasteiger partial charge in [0.2, 0.25) is 0 Å². The number of benzene rings is 2. The number of rotatable bonds is 6. The van der Waals surface area contributed by atoms with Crippen LogP contribution >= 0.6 is 0 Å². The van der Waals surface area contributed by atoms with Crippen LogP contribution in [0.3, 0.4) is 0 Å². The third-order valence-electron chi connectivity index (χ3n) is 4.02. The summed E-state index contributed by atoms with van der Waals surface area (Å²) in [7, 11) is 0. The van der Waals surface area contributed by atoms with Gasteiger partial charge < -0.3 is 20.7 Å². The lowest BCUT2D eigenvalue weighted by atomic mass is 10.0. The number of phenolic OH excluding ortho intramolecular Hbond substituents is 2. The molecule has 0 radical (unpaired) electrons. The molecule has 5 heteroatoms. The molecule has 25 heavy (non-hydrogen) atoms. The van der Waals surface area contributed by atoms with Gasteiger partial charge in [0.1, 0.15) is 23.3 Å². The summed E-state index contributed by atoms with van der Waals surface area (Å²) in [6.07, 6.45) is 4.37. The molecular formula is C20H23NO4. The van der Waals surface area contributed by atoms with E-state index in [1.807, 2.05) is 19.9 Å². The van der Waals surface area contributed by atoms with Crippen LogP contribution in [0.4, 0.5) is 0 Å². The average molecular weight is 341 g/mol. The summed E-state index contributed by atoms with van der Waals surface area (Å²) in [5.41, 5.74) is 7.43. The van der Waals surface area contributed by atoms with E-state index in [-0.39, 0.29) is 23.2 Å². The van der Waals surface area contributed by atoms with E-state index in [2.05, 4.69) is 0 Å². The predicted molar refractivity (Wildman–Crippen MR) is 98.2 cm³/mol. The molecule has 2 aromatic rings. The molecule has 0 aliphatic heterocycles. The summed E-state index contributed by atoms with van der Waals surface area (Å²) >= 11 is 0. The molecule has 0 aliphatic carbocycles. The van der Waals surface area contributed by atoms with Crippen LogP contribution < -0.4 is 10.5 Å². The fourth-order valence-corrected chi connectivity index (χ4v) is 2.21.